The molecule has 0 radical (unpaired) electrons. The largest absolute Gasteiger partial charge is 0.319 e. The van der Waals surface area contributed by atoms with Crippen molar-refractivity contribution in [2.24, 2.45) is 0 Å². The van der Waals surface area contributed by atoms with Gasteiger partial charge in [0.25, 0.3) is 5.69 Å². The number of nitro groups is 1. The fourth-order valence-electron chi connectivity index (χ4n) is 3.05. The first-order valence-corrected chi connectivity index (χ1v) is 10.5. The molecule has 10 heteroatoms. The smallest absolute Gasteiger partial charge is 0.293 e. The Bertz CT molecular complexity index is 1100. The summed E-state index contributed by atoms with van der Waals surface area (Å²) in [5.41, 5.74) is 2.37. The fourth-order valence-corrected chi connectivity index (χ4v) is 3.98. The minimum atomic E-state index is -0.491. The summed E-state index contributed by atoms with van der Waals surface area (Å²) >= 11 is 7.17. The van der Waals surface area contributed by atoms with Gasteiger partial charge in [-0.15, -0.1) is 10.2 Å². The number of carbonyl (C=O) groups excluding carboxylic acids is 1. The maximum Gasteiger partial charge on any atom is 0.293 e. The van der Waals surface area contributed by atoms with Gasteiger partial charge in [-0.2, -0.15) is 0 Å². The van der Waals surface area contributed by atoms with Gasteiger partial charge < -0.3 is 9.88 Å². The minimum absolute atomic E-state index is 0.0449. The Morgan fingerprint density at radius 1 is 1.23 bits per heavy atom. The first kappa shape index (κ1) is 21.8. The SMILES string of the molecule is CCn1c(SCC(=O)Nc2c(C)cc(C)cc2[N+](=O)[O-])nnc1-c1ccc(Cl)cc1. The number of carbonyl (C=O) groups is 1. The van der Waals surface area contributed by atoms with Gasteiger partial charge in [-0.05, 0) is 56.2 Å². The molecule has 0 bridgehead atoms. The van der Waals surface area contributed by atoms with Crippen LogP contribution in [0.4, 0.5) is 11.4 Å². The average Bonchev–Trinajstić information content (AvgIpc) is 3.11. The molecular weight excluding hydrogens is 426 g/mol. The van der Waals surface area contributed by atoms with Crippen LogP contribution >= 0.6 is 23.4 Å². The molecule has 1 N–H and O–H groups in total. The number of hydrogen-bond donors (Lipinski definition) is 1. The van der Waals surface area contributed by atoms with Gasteiger partial charge in [0.05, 0.1) is 10.7 Å². The highest BCUT2D eigenvalue weighted by Gasteiger charge is 2.20. The molecule has 0 aliphatic rings. The third-order valence-corrected chi connectivity index (χ3v) is 5.61. The van der Waals surface area contributed by atoms with E-state index in [4.69, 9.17) is 11.6 Å². The monoisotopic (exact) mass is 445 g/mol. The number of aryl methyl sites for hydroxylation is 2. The number of nitrogens with one attached hydrogen (secondary N) is 1. The van der Waals surface area contributed by atoms with E-state index >= 15 is 0 Å². The zero-order valence-electron chi connectivity index (χ0n) is 16.7. The number of nitrogens with zero attached hydrogens (tertiary/aromatic N) is 4. The van der Waals surface area contributed by atoms with Gasteiger partial charge in [0.15, 0.2) is 11.0 Å². The maximum atomic E-state index is 12.5. The highest BCUT2D eigenvalue weighted by Crippen LogP contribution is 2.30. The Morgan fingerprint density at radius 3 is 2.57 bits per heavy atom. The second-order valence-corrected chi connectivity index (χ2v) is 8.01. The fraction of sp³-hybridized carbons (Fsp3) is 0.250. The third kappa shape index (κ3) is 4.80. The van der Waals surface area contributed by atoms with Crippen LogP contribution < -0.4 is 5.32 Å². The van der Waals surface area contributed by atoms with E-state index in [2.05, 4.69) is 15.5 Å². The van der Waals surface area contributed by atoms with Gasteiger partial charge in [-0.25, -0.2) is 0 Å². The zero-order valence-corrected chi connectivity index (χ0v) is 18.3. The summed E-state index contributed by atoms with van der Waals surface area (Å²) in [6, 6.07) is 10.5. The van der Waals surface area contributed by atoms with Crippen LogP contribution in [0.2, 0.25) is 5.02 Å². The van der Waals surface area contributed by atoms with Gasteiger partial charge in [0, 0.05) is 23.2 Å². The van der Waals surface area contributed by atoms with E-state index in [0.717, 1.165) is 11.1 Å². The van der Waals surface area contributed by atoms with Crippen LogP contribution in [-0.2, 0) is 11.3 Å². The molecule has 3 aromatic rings. The number of halogens is 1. The lowest BCUT2D eigenvalue weighted by Gasteiger charge is -2.10. The number of aromatic nitrogens is 3. The van der Waals surface area contributed by atoms with Crippen molar-refractivity contribution in [3.63, 3.8) is 0 Å². The third-order valence-electron chi connectivity index (χ3n) is 4.39. The Morgan fingerprint density at radius 2 is 1.93 bits per heavy atom. The Kier molecular flexibility index (Phi) is 6.73. The Balaban J connectivity index is 1.75. The minimum Gasteiger partial charge on any atom is -0.319 e. The van der Waals surface area contributed by atoms with Crippen molar-refractivity contribution < 1.29 is 9.72 Å². The number of nitro benzene ring substituents is 1. The van der Waals surface area contributed by atoms with Crippen LogP contribution in [0.5, 0.6) is 0 Å². The van der Waals surface area contributed by atoms with Gasteiger partial charge in [-0.1, -0.05) is 29.4 Å². The van der Waals surface area contributed by atoms with E-state index in [1.807, 2.05) is 23.6 Å². The predicted octanol–water partition coefficient (Wildman–Crippen LogP) is 4.87. The lowest BCUT2D eigenvalue weighted by Crippen LogP contribution is -2.16. The highest BCUT2D eigenvalue weighted by atomic mass is 35.5. The molecule has 1 amide bonds. The normalized spacial score (nSPS) is 10.8. The molecule has 156 valence electrons. The second kappa shape index (κ2) is 9.27. The predicted molar refractivity (Wildman–Crippen MR) is 118 cm³/mol. The summed E-state index contributed by atoms with van der Waals surface area (Å²) in [6.07, 6.45) is 0. The zero-order chi connectivity index (χ0) is 21.8. The van der Waals surface area contributed by atoms with Crippen molar-refractivity contribution in [3.05, 3.63) is 62.7 Å². The van der Waals surface area contributed by atoms with Crippen LogP contribution in [0, 0.1) is 24.0 Å². The van der Waals surface area contributed by atoms with Crippen molar-refractivity contribution >= 4 is 40.6 Å². The first-order chi connectivity index (χ1) is 14.3. The highest BCUT2D eigenvalue weighted by molar-refractivity contribution is 7.99. The molecule has 8 nitrogen and oxygen atoms in total. The summed E-state index contributed by atoms with van der Waals surface area (Å²) in [7, 11) is 0. The molecule has 0 fully saturated rings. The number of benzene rings is 2. The van der Waals surface area contributed by atoms with Crippen LogP contribution in [-0.4, -0.2) is 31.3 Å². The molecule has 3 rings (SSSR count). The molecule has 0 atom stereocenters. The van der Waals surface area contributed by atoms with Crippen molar-refractivity contribution in [3.8, 4) is 11.4 Å². The number of thioether (sulfide) groups is 1. The molecule has 30 heavy (non-hydrogen) atoms. The standard InChI is InChI=1S/C20H20ClN5O3S/c1-4-25-19(14-5-7-15(21)8-6-14)23-24-20(25)30-11-17(27)22-18-13(3)9-12(2)10-16(18)26(28)29/h5-10H,4,11H2,1-3H3,(H,22,27). The molecule has 0 aliphatic heterocycles. The topological polar surface area (TPSA) is 103 Å². The Labute approximate surface area is 182 Å². The molecule has 0 saturated heterocycles. The number of rotatable bonds is 7. The number of anilines is 1. The van der Waals surface area contributed by atoms with Crippen molar-refractivity contribution in [2.75, 3.05) is 11.1 Å². The van der Waals surface area contributed by atoms with Gasteiger partial charge in [0.2, 0.25) is 5.91 Å². The first-order valence-electron chi connectivity index (χ1n) is 9.17. The quantitative estimate of drug-likeness (QED) is 0.316. The van der Waals surface area contributed by atoms with E-state index in [9.17, 15) is 14.9 Å². The summed E-state index contributed by atoms with van der Waals surface area (Å²) in [5.74, 6) is 0.374. The van der Waals surface area contributed by atoms with Crippen LogP contribution in [0.25, 0.3) is 11.4 Å². The molecule has 0 aliphatic carbocycles. The molecule has 2 aromatic carbocycles. The summed E-state index contributed by atoms with van der Waals surface area (Å²) in [4.78, 5) is 23.3. The molecule has 1 heterocycles. The van der Waals surface area contributed by atoms with Crippen LogP contribution in [0.3, 0.4) is 0 Å². The van der Waals surface area contributed by atoms with Crippen molar-refractivity contribution in [1.29, 1.82) is 0 Å². The summed E-state index contributed by atoms with van der Waals surface area (Å²) < 4.78 is 1.90. The van der Waals surface area contributed by atoms with E-state index in [1.165, 1.54) is 17.8 Å². The molecule has 0 saturated carbocycles. The lowest BCUT2D eigenvalue weighted by molar-refractivity contribution is -0.384. The van der Waals surface area contributed by atoms with Crippen LogP contribution in [0.1, 0.15) is 18.1 Å². The molecule has 0 spiro atoms. The number of hydrogen-bond acceptors (Lipinski definition) is 6. The summed E-state index contributed by atoms with van der Waals surface area (Å²) in [5, 5.41) is 23.7. The van der Waals surface area contributed by atoms with E-state index in [0.29, 0.717) is 28.1 Å². The Hall–Kier alpha value is -2.91. The number of amides is 1. The molecule has 0 unspecified atom stereocenters. The van der Waals surface area contributed by atoms with E-state index < -0.39 is 4.92 Å². The molecular formula is C20H20ClN5O3S. The lowest BCUT2D eigenvalue weighted by atomic mass is 10.1. The average molecular weight is 446 g/mol. The van der Waals surface area contributed by atoms with E-state index in [-0.39, 0.29) is 23.0 Å². The van der Waals surface area contributed by atoms with Crippen LogP contribution in [0.15, 0.2) is 41.6 Å². The second-order valence-electron chi connectivity index (χ2n) is 6.63. The van der Waals surface area contributed by atoms with Gasteiger partial charge >= 0.3 is 0 Å². The van der Waals surface area contributed by atoms with Gasteiger partial charge in [-0.3, -0.25) is 14.9 Å². The van der Waals surface area contributed by atoms with E-state index in [1.54, 1.807) is 32.0 Å². The van der Waals surface area contributed by atoms with Crippen molar-refractivity contribution in [2.45, 2.75) is 32.5 Å². The van der Waals surface area contributed by atoms with Gasteiger partial charge in [0.1, 0.15) is 5.69 Å². The molecule has 1 aromatic heterocycles. The van der Waals surface area contributed by atoms with Crippen molar-refractivity contribution in [1.82, 2.24) is 14.8 Å². The summed E-state index contributed by atoms with van der Waals surface area (Å²) in [6.45, 7) is 6.09. The maximum absolute atomic E-state index is 12.5.